The number of hydrogen-bond donors (Lipinski definition) is 1. The van der Waals surface area contributed by atoms with Crippen molar-refractivity contribution in [2.75, 3.05) is 18.4 Å². The first-order valence-corrected chi connectivity index (χ1v) is 9.36. The molecule has 1 saturated heterocycles. The van der Waals surface area contributed by atoms with E-state index in [1.165, 1.54) is 31.5 Å². The molecule has 0 aliphatic carbocycles. The van der Waals surface area contributed by atoms with Crippen LogP contribution in [-0.2, 0) is 6.54 Å². The van der Waals surface area contributed by atoms with Crippen LogP contribution in [0.5, 0.6) is 0 Å². The summed E-state index contributed by atoms with van der Waals surface area (Å²) in [6.45, 7) is 7.16. The largest absolute Gasteiger partial charge is 0.338 e. The van der Waals surface area contributed by atoms with E-state index >= 15 is 0 Å². The predicted molar refractivity (Wildman–Crippen MR) is 106 cm³/mol. The summed E-state index contributed by atoms with van der Waals surface area (Å²) in [4.78, 5) is 16.3. The maximum atomic E-state index is 6.24. The molecule has 1 aliphatic heterocycles. The van der Waals surface area contributed by atoms with Crippen molar-refractivity contribution in [1.29, 1.82) is 0 Å². The summed E-state index contributed by atoms with van der Waals surface area (Å²) in [5.41, 5.74) is 4.77. The van der Waals surface area contributed by atoms with Gasteiger partial charge in [-0.25, -0.2) is 9.97 Å². The van der Waals surface area contributed by atoms with Crippen molar-refractivity contribution in [3.63, 3.8) is 0 Å². The smallest absolute Gasteiger partial charge is 0.160 e. The van der Waals surface area contributed by atoms with Gasteiger partial charge < -0.3 is 5.32 Å². The monoisotopic (exact) mass is 367 g/mol. The molecule has 1 aromatic carbocycles. The van der Waals surface area contributed by atoms with E-state index in [4.69, 9.17) is 11.6 Å². The number of likely N-dealkylation sites (tertiary alicyclic amines) is 1. The van der Waals surface area contributed by atoms with Gasteiger partial charge in [-0.05, 0) is 69.1 Å². The molecule has 0 bridgehead atoms. The Balaban J connectivity index is 1.69. The summed E-state index contributed by atoms with van der Waals surface area (Å²) in [5.74, 6) is 1.44. The molecule has 6 heteroatoms. The van der Waals surface area contributed by atoms with Crippen LogP contribution in [0.3, 0.4) is 0 Å². The minimum absolute atomic E-state index is 0.714. The van der Waals surface area contributed by atoms with Crippen LogP contribution in [0, 0.1) is 13.8 Å². The van der Waals surface area contributed by atoms with E-state index in [1.54, 1.807) is 0 Å². The predicted octanol–water partition coefficient (Wildman–Crippen LogP) is 4.63. The fraction of sp³-hybridized carbons (Fsp3) is 0.350. The molecule has 1 fully saturated rings. The Hall–Kier alpha value is -2.24. The molecule has 0 atom stereocenters. The van der Waals surface area contributed by atoms with Gasteiger partial charge in [-0.2, -0.15) is 0 Å². The number of benzene rings is 1. The standard InChI is InChI=1S/C20H22ClN5/c1-13-16(21)6-5-7-17(13)25-20-19-18(23-14(2)24-20)10-15(11-22-19)12-26-8-3-4-9-26/h5-7,10-11H,3-4,8-9,12H2,1-2H3,(H,23,24,25). The summed E-state index contributed by atoms with van der Waals surface area (Å²) in [5, 5.41) is 4.11. The van der Waals surface area contributed by atoms with Crippen LogP contribution < -0.4 is 5.32 Å². The first-order chi connectivity index (χ1) is 12.6. The third-order valence-corrected chi connectivity index (χ3v) is 5.24. The van der Waals surface area contributed by atoms with E-state index < -0.39 is 0 Å². The fourth-order valence-corrected chi connectivity index (χ4v) is 3.59. The molecule has 5 nitrogen and oxygen atoms in total. The van der Waals surface area contributed by atoms with Gasteiger partial charge >= 0.3 is 0 Å². The Labute approximate surface area is 158 Å². The Morgan fingerprint density at radius 2 is 1.96 bits per heavy atom. The van der Waals surface area contributed by atoms with Crippen LogP contribution in [0.25, 0.3) is 11.0 Å². The van der Waals surface area contributed by atoms with Crippen LogP contribution in [0.15, 0.2) is 30.5 Å². The first kappa shape index (κ1) is 17.2. The van der Waals surface area contributed by atoms with Crippen molar-refractivity contribution in [2.24, 2.45) is 0 Å². The lowest BCUT2D eigenvalue weighted by molar-refractivity contribution is 0.331. The molecule has 3 aromatic rings. The molecule has 0 radical (unpaired) electrons. The Kier molecular flexibility index (Phi) is 4.74. The number of aromatic nitrogens is 3. The van der Waals surface area contributed by atoms with Crippen LogP contribution >= 0.6 is 11.6 Å². The average Bonchev–Trinajstić information content (AvgIpc) is 3.11. The molecule has 0 amide bonds. The minimum Gasteiger partial charge on any atom is -0.338 e. The molecule has 2 aromatic heterocycles. The zero-order chi connectivity index (χ0) is 18.1. The summed E-state index contributed by atoms with van der Waals surface area (Å²) in [6, 6.07) is 7.93. The molecule has 134 valence electrons. The molecule has 0 spiro atoms. The summed E-state index contributed by atoms with van der Waals surface area (Å²) in [6.07, 6.45) is 4.51. The topological polar surface area (TPSA) is 53.9 Å². The van der Waals surface area contributed by atoms with Crippen molar-refractivity contribution in [3.8, 4) is 0 Å². The van der Waals surface area contributed by atoms with E-state index in [-0.39, 0.29) is 0 Å². The first-order valence-electron chi connectivity index (χ1n) is 8.98. The summed E-state index contributed by atoms with van der Waals surface area (Å²) >= 11 is 6.24. The van der Waals surface area contributed by atoms with E-state index in [0.29, 0.717) is 5.82 Å². The van der Waals surface area contributed by atoms with Gasteiger partial charge in [-0.15, -0.1) is 0 Å². The highest BCUT2D eigenvalue weighted by atomic mass is 35.5. The number of hydrogen-bond acceptors (Lipinski definition) is 5. The average molecular weight is 368 g/mol. The fourth-order valence-electron chi connectivity index (χ4n) is 3.42. The Morgan fingerprint density at radius 1 is 1.15 bits per heavy atom. The zero-order valence-corrected chi connectivity index (χ0v) is 15.8. The van der Waals surface area contributed by atoms with Gasteiger partial charge in [-0.3, -0.25) is 9.88 Å². The maximum absolute atomic E-state index is 6.24. The van der Waals surface area contributed by atoms with Gasteiger partial charge in [0.2, 0.25) is 0 Å². The third-order valence-electron chi connectivity index (χ3n) is 4.83. The van der Waals surface area contributed by atoms with E-state index in [2.05, 4.69) is 31.2 Å². The van der Waals surface area contributed by atoms with E-state index in [9.17, 15) is 0 Å². The van der Waals surface area contributed by atoms with Crippen molar-refractivity contribution < 1.29 is 0 Å². The maximum Gasteiger partial charge on any atom is 0.160 e. The summed E-state index contributed by atoms with van der Waals surface area (Å²) < 4.78 is 0. The van der Waals surface area contributed by atoms with Gasteiger partial charge in [0.15, 0.2) is 5.82 Å². The van der Waals surface area contributed by atoms with Crippen molar-refractivity contribution in [2.45, 2.75) is 33.2 Å². The SMILES string of the molecule is Cc1nc(Nc2cccc(Cl)c2C)c2ncc(CN3CCCC3)cc2n1. The molecule has 0 saturated carbocycles. The lowest BCUT2D eigenvalue weighted by Gasteiger charge is -2.15. The molecule has 0 unspecified atom stereocenters. The lowest BCUT2D eigenvalue weighted by atomic mass is 10.2. The normalized spacial score (nSPS) is 14.9. The highest BCUT2D eigenvalue weighted by Gasteiger charge is 2.14. The van der Waals surface area contributed by atoms with Crippen LogP contribution in [-0.4, -0.2) is 32.9 Å². The van der Waals surface area contributed by atoms with Gasteiger partial charge in [0, 0.05) is 23.5 Å². The van der Waals surface area contributed by atoms with Gasteiger partial charge in [0.1, 0.15) is 11.3 Å². The number of nitrogens with one attached hydrogen (secondary N) is 1. The number of fused-ring (bicyclic) bond motifs is 1. The number of anilines is 2. The van der Waals surface area contributed by atoms with Crippen molar-refractivity contribution >= 4 is 34.1 Å². The minimum atomic E-state index is 0.714. The highest BCUT2D eigenvalue weighted by molar-refractivity contribution is 6.31. The number of aryl methyl sites for hydroxylation is 1. The summed E-state index contributed by atoms with van der Waals surface area (Å²) in [7, 11) is 0. The second-order valence-electron chi connectivity index (χ2n) is 6.85. The van der Waals surface area contributed by atoms with E-state index in [0.717, 1.165) is 39.7 Å². The number of halogens is 1. The molecule has 3 heterocycles. The molecule has 1 aliphatic rings. The van der Waals surface area contributed by atoms with Gasteiger partial charge in [-0.1, -0.05) is 17.7 Å². The molecule has 26 heavy (non-hydrogen) atoms. The second kappa shape index (κ2) is 7.17. The van der Waals surface area contributed by atoms with Gasteiger partial charge in [0.25, 0.3) is 0 Å². The molecule has 1 N–H and O–H groups in total. The molecular formula is C20H22ClN5. The van der Waals surface area contributed by atoms with Crippen LogP contribution in [0.1, 0.15) is 29.8 Å². The van der Waals surface area contributed by atoms with Crippen LogP contribution in [0.2, 0.25) is 5.02 Å². The van der Waals surface area contributed by atoms with E-state index in [1.807, 2.05) is 38.2 Å². The number of rotatable bonds is 4. The Morgan fingerprint density at radius 3 is 2.77 bits per heavy atom. The number of nitrogens with zero attached hydrogens (tertiary/aromatic N) is 4. The Bertz CT molecular complexity index is 950. The van der Waals surface area contributed by atoms with Gasteiger partial charge in [0.05, 0.1) is 5.52 Å². The molecule has 4 rings (SSSR count). The van der Waals surface area contributed by atoms with Crippen molar-refractivity contribution in [3.05, 3.63) is 52.4 Å². The van der Waals surface area contributed by atoms with Crippen LogP contribution in [0.4, 0.5) is 11.5 Å². The number of pyridine rings is 1. The third kappa shape index (κ3) is 3.50. The lowest BCUT2D eigenvalue weighted by Crippen LogP contribution is -2.18. The second-order valence-corrected chi connectivity index (χ2v) is 7.26. The van der Waals surface area contributed by atoms with Crippen molar-refractivity contribution in [1.82, 2.24) is 19.9 Å². The quantitative estimate of drug-likeness (QED) is 0.728. The molecular weight excluding hydrogens is 346 g/mol. The zero-order valence-electron chi connectivity index (χ0n) is 15.1. The highest BCUT2D eigenvalue weighted by Crippen LogP contribution is 2.28.